The predicted molar refractivity (Wildman–Crippen MR) is 85.7 cm³/mol. The second kappa shape index (κ2) is 7.44. The van der Waals surface area contributed by atoms with Crippen molar-refractivity contribution in [3.8, 4) is 11.5 Å². The molecule has 0 aliphatic heterocycles. The van der Waals surface area contributed by atoms with E-state index in [-0.39, 0.29) is 18.7 Å². The molecule has 0 saturated carbocycles. The van der Waals surface area contributed by atoms with Crippen LogP contribution < -0.4 is 5.56 Å². The largest absolute Gasteiger partial charge is 0.470 e. The lowest BCUT2D eigenvalue weighted by molar-refractivity contribution is -0.156. The van der Waals surface area contributed by atoms with Crippen LogP contribution in [-0.4, -0.2) is 27.3 Å². The maximum Gasteiger partial charge on any atom is 0.470 e. The first-order valence-electron chi connectivity index (χ1n) is 7.68. The highest BCUT2D eigenvalue weighted by Crippen LogP contribution is 2.29. The molecule has 1 aromatic carbocycles. The first kappa shape index (κ1) is 18.4. The molecule has 0 unspecified atom stereocenters. The van der Waals surface area contributed by atoms with Crippen LogP contribution in [0.4, 0.5) is 13.2 Å². The number of esters is 1. The third-order valence-corrected chi connectivity index (χ3v) is 3.49. The van der Waals surface area contributed by atoms with Crippen LogP contribution in [0.2, 0.25) is 0 Å². The number of rotatable bonds is 5. The van der Waals surface area contributed by atoms with E-state index >= 15 is 0 Å². The minimum Gasteiger partial charge on any atom is -0.460 e. The van der Waals surface area contributed by atoms with Crippen LogP contribution in [-0.2, 0) is 17.5 Å². The summed E-state index contributed by atoms with van der Waals surface area (Å²) in [5, 5.41) is 6.19. The van der Waals surface area contributed by atoms with Gasteiger partial charge < -0.3 is 13.7 Å². The van der Waals surface area contributed by atoms with Crippen LogP contribution in [0.25, 0.3) is 11.5 Å². The Bertz CT molecular complexity index is 996. The SMILES string of the molecule is O=C(OCCn1ccc(-c2nnc(C(F)(F)F)o2)cc1=O)c1ccccc1. The van der Waals surface area contributed by atoms with E-state index in [2.05, 4.69) is 14.6 Å². The topological polar surface area (TPSA) is 87.2 Å². The molecule has 0 fully saturated rings. The van der Waals surface area contributed by atoms with Crippen LogP contribution in [0, 0.1) is 0 Å². The molecular weight excluding hydrogens is 367 g/mol. The Kier molecular flexibility index (Phi) is 5.06. The van der Waals surface area contributed by atoms with Crippen molar-refractivity contribution in [1.82, 2.24) is 14.8 Å². The van der Waals surface area contributed by atoms with Crippen molar-refractivity contribution in [2.24, 2.45) is 0 Å². The molecule has 3 aromatic rings. The van der Waals surface area contributed by atoms with Gasteiger partial charge in [-0.25, -0.2) is 4.79 Å². The van der Waals surface area contributed by atoms with Crippen molar-refractivity contribution in [2.75, 3.05) is 6.61 Å². The molecule has 2 aromatic heterocycles. The van der Waals surface area contributed by atoms with E-state index in [0.29, 0.717) is 5.56 Å². The predicted octanol–water partition coefficient (Wildman–Crippen LogP) is 2.77. The fourth-order valence-corrected chi connectivity index (χ4v) is 2.17. The first-order chi connectivity index (χ1) is 12.8. The van der Waals surface area contributed by atoms with E-state index in [1.165, 1.54) is 16.8 Å². The summed E-state index contributed by atoms with van der Waals surface area (Å²) in [7, 11) is 0. The molecule has 7 nitrogen and oxygen atoms in total. The van der Waals surface area contributed by atoms with E-state index in [1.807, 2.05) is 0 Å². The molecule has 27 heavy (non-hydrogen) atoms. The molecular formula is C17H12F3N3O4. The van der Waals surface area contributed by atoms with E-state index in [0.717, 1.165) is 6.07 Å². The zero-order chi connectivity index (χ0) is 19.4. The van der Waals surface area contributed by atoms with Gasteiger partial charge in [-0.1, -0.05) is 18.2 Å². The van der Waals surface area contributed by atoms with E-state index < -0.39 is 29.5 Å². The molecule has 0 N–H and O–H groups in total. The normalized spacial score (nSPS) is 11.4. The molecule has 0 spiro atoms. The third kappa shape index (κ3) is 4.40. The average molecular weight is 379 g/mol. The van der Waals surface area contributed by atoms with Crippen LogP contribution in [0.15, 0.2) is 57.9 Å². The highest BCUT2D eigenvalue weighted by atomic mass is 19.4. The molecule has 0 aliphatic carbocycles. The zero-order valence-electron chi connectivity index (χ0n) is 13.6. The maximum absolute atomic E-state index is 12.5. The Balaban J connectivity index is 1.64. The Labute approximate surface area is 150 Å². The lowest BCUT2D eigenvalue weighted by Crippen LogP contribution is -2.22. The molecule has 0 atom stereocenters. The summed E-state index contributed by atoms with van der Waals surface area (Å²) in [4.78, 5) is 23.9. The third-order valence-electron chi connectivity index (χ3n) is 3.49. The average Bonchev–Trinajstić information content (AvgIpc) is 3.14. The lowest BCUT2D eigenvalue weighted by atomic mass is 10.2. The summed E-state index contributed by atoms with van der Waals surface area (Å²) in [6, 6.07) is 10.8. The highest BCUT2D eigenvalue weighted by molar-refractivity contribution is 5.89. The van der Waals surface area contributed by atoms with Crippen LogP contribution >= 0.6 is 0 Å². The second-order valence-electron chi connectivity index (χ2n) is 5.36. The van der Waals surface area contributed by atoms with Crippen molar-refractivity contribution in [1.29, 1.82) is 0 Å². The maximum atomic E-state index is 12.5. The Morgan fingerprint density at radius 2 is 1.89 bits per heavy atom. The zero-order valence-corrected chi connectivity index (χ0v) is 13.6. The van der Waals surface area contributed by atoms with Gasteiger partial charge in [-0.3, -0.25) is 4.79 Å². The van der Waals surface area contributed by atoms with E-state index in [9.17, 15) is 22.8 Å². The summed E-state index contributed by atoms with van der Waals surface area (Å²) in [6.07, 6.45) is -3.42. The molecule has 0 bridgehead atoms. The minimum atomic E-state index is -4.76. The van der Waals surface area contributed by atoms with Crippen LogP contribution in [0.1, 0.15) is 16.2 Å². The summed E-state index contributed by atoms with van der Waals surface area (Å²) in [5.74, 6) is -2.43. The summed E-state index contributed by atoms with van der Waals surface area (Å²) in [5.41, 5.74) is -0.0763. The number of hydrogen-bond acceptors (Lipinski definition) is 6. The van der Waals surface area contributed by atoms with Gasteiger partial charge in [-0.05, 0) is 18.2 Å². The van der Waals surface area contributed by atoms with Crippen molar-refractivity contribution in [2.45, 2.75) is 12.7 Å². The highest BCUT2D eigenvalue weighted by Gasteiger charge is 2.38. The van der Waals surface area contributed by atoms with Gasteiger partial charge in [0.15, 0.2) is 0 Å². The number of carbonyl (C=O) groups excluding carboxylic acids is 1. The number of halogens is 3. The number of nitrogens with zero attached hydrogens (tertiary/aromatic N) is 3. The number of pyridine rings is 1. The molecule has 0 saturated heterocycles. The summed E-state index contributed by atoms with van der Waals surface area (Å²) >= 11 is 0. The standard InChI is InChI=1S/C17H12F3N3O4/c18-17(19,20)16-22-21-14(27-16)12-6-7-23(13(24)10-12)8-9-26-15(25)11-4-2-1-3-5-11/h1-7,10H,8-9H2. The van der Waals surface area contributed by atoms with E-state index in [4.69, 9.17) is 4.74 Å². The van der Waals surface area contributed by atoms with Gasteiger partial charge in [0.1, 0.15) is 6.61 Å². The second-order valence-corrected chi connectivity index (χ2v) is 5.36. The molecule has 0 radical (unpaired) electrons. The molecule has 3 rings (SSSR count). The summed E-state index contributed by atoms with van der Waals surface area (Å²) in [6.45, 7) is 0.0289. The van der Waals surface area contributed by atoms with Gasteiger partial charge in [0.2, 0.25) is 5.89 Å². The van der Waals surface area contributed by atoms with Gasteiger partial charge >= 0.3 is 18.0 Å². The minimum absolute atomic E-state index is 0.0498. The van der Waals surface area contributed by atoms with Gasteiger partial charge in [0.25, 0.3) is 5.56 Å². The van der Waals surface area contributed by atoms with Gasteiger partial charge in [-0.2, -0.15) is 13.2 Å². The number of hydrogen-bond donors (Lipinski definition) is 0. The van der Waals surface area contributed by atoms with Gasteiger partial charge in [0, 0.05) is 17.8 Å². The van der Waals surface area contributed by atoms with Crippen molar-refractivity contribution in [3.63, 3.8) is 0 Å². The van der Waals surface area contributed by atoms with Crippen molar-refractivity contribution < 1.29 is 27.1 Å². The molecule has 10 heteroatoms. The number of aromatic nitrogens is 3. The quantitative estimate of drug-likeness (QED) is 0.634. The van der Waals surface area contributed by atoms with Crippen molar-refractivity contribution in [3.05, 3.63) is 70.5 Å². The van der Waals surface area contributed by atoms with Crippen molar-refractivity contribution >= 4 is 5.97 Å². The smallest absolute Gasteiger partial charge is 0.460 e. The monoisotopic (exact) mass is 379 g/mol. The molecule has 0 amide bonds. The molecule has 0 aliphatic rings. The van der Waals surface area contributed by atoms with Crippen LogP contribution in [0.5, 0.6) is 0 Å². The van der Waals surface area contributed by atoms with Gasteiger partial charge in [-0.15, -0.1) is 10.2 Å². The van der Waals surface area contributed by atoms with Crippen LogP contribution in [0.3, 0.4) is 0 Å². The Hall–Kier alpha value is -3.43. The number of carbonyl (C=O) groups is 1. The van der Waals surface area contributed by atoms with Gasteiger partial charge in [0.05, 0.1) is 12.1 Å². The summed E-state index contributed by atoms with van der Waals surface area (Å²) < 4.78 is 48.3. The Morgan fingerprint density at radius 1 is 1.15 bits per heavy atom. The van der Waals surface area contributed by atoms with E-state index in [1.54, 1.807) is 30.3 Å². The first-order valence-corrected chi connectivity index (χ1v) is 7.68. The number of alkyl halides is 3. The molecule has 2 heterocycles. The fraction of sp³-hybridized carbons (Fsp3) is 0.176. The fourth-order valence-electron chi connectivity index (χ4n) is 2.17. The molecule has 140 valence electrons. The number of benzene rings is 1. The lowest BCUT2D eigenvalue weighted by Gasteiger charge is -2.07. The Morgan fingerprint density at radius 3 is 2.52 bits per heavy atom. The number of ether oxygens (including phenoxy) is 1.